The van der Waals surface area contributed by atoms with Crippen LogP contribution >= 0.6 is 7.76 Å². The van der Waals surface area contributed by atoms with Gasteiger partial charge in [0.05, 0.1) is 13.4 Å². The van der Waals surface area contributed by atoms with Gasteiger partial charge in [0.1, 0.15) is 5.82 Å². The number of carbonyl (C=O) groups excluding carboxylic acids is 1. The van der Waals surface area contributed by atoms with Crippen molar-refractivity contribution in [3.63, 3.8) is 0 Å². The van der Waals surface area contributed by atoms with Crippen molar-refractivity contribution in [2.45, 2.75) is 5.66 Å². The molecule has 1 aromatic carbocycles. The summed E-state index contributed by atoms with van der Waals surface area (Å²) in [5.74, 6) is 2.70. The summed E-state index contributed by atoms with van der Waals surface area (Å²) >= 11 is 0. The second kappa shape index (κ2) is 6.08. The Morgan fingerprint density at radius 1 is 1.18 bits per heavy atom. The Morgan fingerprint density at radius 2 is 1.95 bits per heavy atom. The van der Waals surface area contributed by atoms with Crippen LogP contribution in [0.5, 0.6) is 0 Å². The molecule has 4 nitrogen and oxygen atoms in total. The number of allylic oxidation sites excluding steroid dienone is 2. The number of carbonyl (C=O) groups is 1. The Labute approximate surface area is 128 Å². The highest BCUT2D eigenvalue weighted by atomic mass is 31.1. The number of rotatable bonds is 4. The maximum atomic E-state index is 13.9. The molecule has 0 saturated carbocycles. The van der Waals surface area contributed by atoms with E-state index < -0.39 is 25.2 Å². The Kier molecular flexibility index (Phi) is 3.98. The zero-order valence-electron chi connectivity index (χ0n) is 11.6. The Hall–Kier alpha value is -2.52. The lowest BCUT2D eigenvalue weighted by atomic mass is 10.1. The zero-order valence-corrected chi connectivity index (χ0v) is 12.5. The van der Waals surface area contributed by atoms with Crippen molar-refractivity contribution in [2.24, 2.45) is 0 Å². The van der Waals surface area contributed by atoms with Gasteiger partial charge in [0.15, 0.2) is 0 Å². The zero-order chi connectivity index (χ0) is 15.4. The molecule has 0 amide bonds. The van der Waals surface area contributed by atoms with Crippen LogP contribution in [0.1, 0.15) is 0 Å². The van der Waals surface area contributed by atoms with E-state index in [1.165, 1.54) is 6.07 Å². The molecule has 3 rings (SSSR count). The minimum atomic E-state index is -1.33. The molecular formula is C16H14FN2O2P. The molecule has 6 heteroatoms. The van der Waals surface area contributed by atoms with Crippen molar-refractivity contribution in [2.75, 3.05) is 5.32 Å². The van der Waals surface area contributed by atoms with Crippen LogP contribution in [0.2, 0.25) is 0 Å². The number of para-hydroxylation sites is 1. The van der Waals surface area contributed by atoms with Gasteiger partial charge in [-0.15, -0.1) is 0 Å². The fourth-order valence-corrected chi connectivity index (χ4v) is 3.16. The predicted molar refractivity (Wildman–Crippen MR) is 84.9 cm³/mol. The van der Waals surface area contributed by atoms with Crippen molar-refractivity contribution >= 4 is 19.4 Å². The lowest BCUT2D eigenvalue weighted by Crippen LogP contribution is -2.57. The van der Waals surface area contributed by atoms with Crippen LogP contribution in [0.25, 0.3) is 0 Å². The van der Waals surface area contributed by atoms with E-state index in [9.17, 15) is 9.18 Å². The standard InChI is InChI=1S/C16H14FN2O2P/c17-13-7-1-2-8-14(13)19-16(9-3-4-10-18-16)15(20)21-22-11-5-6-12-22/h1-12,18-19H. The molecular weight excluding hydrogens is 302 g/mol. The van der Waals surface area contributed by atoms with Gasteiger partial charge in [-0.05, 0) is 42.1 Å². The summed E-state index contributed by atoms with van der Waals surface area (Å²) in [7, 11) is -1.07. The van der Waals surface area contributed by atoms with E-state index in [1.807, 2.05) is 23.7 Å². The van der Waals surface area contributed by atoms with Crippen molar-refractivity contribution in [3.8, 4) is 0 Å². The molecule has 0 bridgehead atoms. The van der Waals surface area contributed by atoms with E-state index in [0.29, 0.717) is 0 Å². The van der Waals surface area contributed by atoms with Crippen molar-refractivity contribution in [3.05, 3.63) is 78.2 Å². The molecule has 0 aliphatic carbocycles. The van der Waals surface area contributed by atoms with Crippen LogP contribution < -0.4 is 15.2 Å². The number of nitrogens with one attached hydrogen (secondary N) is 2. The summed E-state index contributed by atoms with van der Waals surface area (Å²) in [6.45, 7) is 0. The van der Waals surface area contributed by atoms with Gasteiger partial charge in [-0.3, -0.25) is 0 Å². The fraction of sp³-hybridized carbons (Fsp3) is 0.0625. The molecule has 112 valence electrons. The summed E-state index contributed by atoms with van der Waals surface area (Å²) in [6.07, 6.45) is 6.68. The third-order valence-corrected chi connectivity index (χ3v) is 4.47. The van der Waals surface area contributed by atoms with E-state index in [0.717, 1.165) is 0 Å². The predicted octanol–water partition coefficient (Wildman–Crippen LogP) is 3.25. The Bertz CT molecular complexity index is 728. The van der Waals surface area contributed by atoms with E-state index in [2.05, 4.69) is 10.6 Å². The van der Waals surface area contributed by atoms with Gasteiger partial charge >= 0.3 is 5.97 Å². The first kappa shape index (κ1) is 14.4. The number of dihydropyridines is 1. The molecule has 0 fully saturated rings. The summed E-state index contributed by atoms with van der Waals surface area (Å²) in [5, 5.41) is 5.82. The second-order valence-electron chi connectivity index (χ2n) is 4.70. The van der Waals surface area contributed by atoms with Gasteiger partial charge in [-0.25, -0.2) is 9.18 Å². The van der Waals surface area contributed by atoms with Gasteiger partial charge < -0.3 is 15.2 Å². The van der Waals surface area contributed by atoms with Crippen LogP contribution in [-0.2, 0) is 4.79 Å². The summed E-state index contributed by atoms with van der Waals surface area (Å²) in [6, 6.07) is 9.85. The molecule has 2 aromatic rings. The number of halogens is 1. The average molecular weight is 316 g/mol. The van der Waals surface area contributed by atoms with E-state index in [-0.39, 0.29) is 5.69 Å². The lowest BCUT2D eigenvalue weighted by molar-refractivity contribution is -0.135. The van der Waals surface area contributed by atoms with Crippen LogP contribution in [-0.4, -0.2) is 11.6 Å². The summed E-state index contributed by atoms with van der Waals surface area (Å²) in [5.41, 5.74) is -1.11. The molecule has 0 saturated heterocycles. The molecule has 0 radical (unpaired) electrons. The maximum Gasteiger partial charge on any atom is 0.364 e. The smallest absolute Gasteiger partial charge is 0.364 e. The van der Waals surface area contributed by atoms with Gasteiger partial charge in [-0.1, -0.05) is 30.3 Å². The molecule has 2 heterocycles. The highest BCUT2D eigenvalue weighted by Gasteiger charge is 2.38. The van der Waals surface area contributed by atoms with Gasteiger partial charge in [-0.2, -0.15) is 0 Å². The largest absolute Gasteiger partial charge is 0.411 e. The normalized spacial score (nSPS) is 19.5. The van der Waals surface area contributed by atoms with Crippen LogP contribution in [0.3, 0.4) is 0 Å². The number of benzene rings is 1. The minimum absolute atomic E-state index is 0.220. The minimum Gasteiger partial charge on any atom is -0.411 e. The molecule has 0 spiro atoms. The van der Waals surface area contributed by atoms with Crippen LogP contribution in [0.15, 0.2) is 72.4 Å². The van der Waals surface area contributed by atoms with Gasteiger partial charge in [0.2, 0.25) is 5.66 Å². The SMILES string of the molecule is O=C(Op1cccc1)C1(Nc2ccccc2F)C=CC=CN1. The summed E-state index contributed by atoms with van der Waals surface area (Å²) in [4.78, 5) is 12.6. The van der Waals surface area contributed by atoms with E-state index >= 15 is 0 Å². The number of hydrogen-bond acceptors (Lipinski definition) is 4. The highest BCUT2D eigenvalue weighted by Crippen LogP contribution is 2.27. The molecule has 1 aromatic heterocycles. The molecule has 1 aliphatic rings. The molecule has 2 N–H and O–H groups in total. The van der Waals surface area contributed by atoms with Crippen LogP contribution in [0, 0.1) is 5.82 Å². The lowest BCUT2D eigenvalue weighted by Gasteiger charge is -2.32. The monoisotopic (exact) mass is 316 g/mol. The van der Waals surface area contributed by atoms with Gasteiger partial charge in [0.25, 0.3) is 0 Å². The first-order valence-corrected chi connectivity index (χ1v) is 8.10. The Morgan fingerprint density at radius 3 is 2.64 bits per heavy atom. The first-order chi connectivity index (χ1) is 10.7. The van der Waals surface area contributed by atoms with E-state index in [4.69, 9.17) is 4.52 Å². The summed E-state index contributed by atoms with van der Waals surface area (Å²) < 4.78 is 19.4. The first-order valence-electron chi connectivity index (χ1n) is 6.70. The van der Waals surface area contributed by atoms with Gasteiger partial charge in [0, 0.05) is 0 Å². The fourth-order valence-electron chi connectivity index (χ4n) is 2.06. The molecule has 1 unspecified atom stereocenters. The molecule has 1 atom stereocenters. The third kappa shape index (κ3) is 2.90. The van der Waals surface area contributed by atoms with Crippen molar-refractivity contribution in [1.29, 1.82) is 0 Å². The number of hydrogen-bond donors (Lipinski definition) is 2. The topological polar surface area (TPSA) is 50.4 Å². The van der Waals surface area contributed by atoms with Crippen molar-refractivity contribution < 1.29 is 13.7 Å². The van der Waals surface area contributed by atoms with E-state index in [1.54, 1.807) is 42.6 Å². The number of anilines is 1. The quantitative estimate of drug-likeness (QED) is 0.909. The van der Waals surface area contributed by atoms with Crippen LogP contribution in [0.4, 0.5) is 10.1 Å². The third-order valence-electron chi connectivity index (χ3n) is 3.16. The maximum absolute atomic E-state index is 13.9. The highest BCUT2D eigenvalue weighted by molar-refractivity contribution is 7.44. The second-order valence-corrected chi connectivity index (χ2v) is 6.20. The average Bonchev–Trinajstić information content (AvgIpc) is 3.03. The molecule has 22 heavy (non-hydrogen) atoms. The van der Waals surface area contributed by atoms with Crippen molar-refractivity contribution in [1.82, 2.24) is 5.32 Å². The molecule has 1 aliphatic heterocycles. The Balaban J connectivity index is 1.88.